The lowest BCUT2D eigenvalue weighted by molar-refractivity contribution is -0.128. The molecule has 0 aromatic heterocycles. The molecule has 3 heteroatoms. The van der Waals surface area contributed by atoms with E-state index in [9.17, 15) is 4.79 Å². The van der Waals surface area contributed by atoms with E-state index in [2.05, 4.69) is 51.2 Å². The molecule has 0 aliphatic heterocycles. The summed E-state index contributed by atoms with van der Waals surface area (Å²) in [6.07, 6.45) is 9.16. The van der Waals surface area contributed by atoms with Crippen molar-refractivity contribution in [3.8, 4) is 0 Å². The van der Waals surface area contributed by atoms with E-state index in [1.807, 2.05) is 17.8 Å². The molecule has 0 spiro atoms. The van der Waals surface area contributed by atoms with Gasteiger partial charge in [0, 0.05) is 16.1 Å². The number of carbonyl (C=O) groups excluding carboxylic acids is 1. The molecule has 2 nitrogen and oxygen atoms in total. The number of hydrogen-bond acceptors (Lipinski definition) is 2. The van der Waals surface area contributed by atoms with Gasteiger partial charge in [-0.05, 0) is 43.2 Å². The number of hydrogen-bond donors (Lipinski definition) is 1. The Hall–Kier alpha value is -0.960. The van der Waals surface area contributed by atoms with Crippen LogP contribution in [0.25, 0.3) is 0 Å². The van der Waals surface area contributed by atoms with E-state index in [0.29, 0.717) is 11.8 Å². The number of carbonyl (C=O) groups is 1. The van der Waals surface area contributed by atoms with Gasteiger partial charge in [0.1, 0.15) is 0 Å². The van der Waals surface area contributed by atoms with Gasteiger partial charge >= 0.3 is 0 Å². The highest BCUT2D eigenvalue weighted by atomic mass is 32.2. The molecule has 0 saturated heterocycles. The summed E-state index contributed by atoms with van der Waals surface area (Å²) < 4.78 is 0. The van der Waals surface area contributed by atoms with Crippen molar-refractivity contribution < 1.29 is 4.79 Å². The maximum absolute atomic E-state index is 13.4. The molecule has 0 heterocycles. The van der Waals surface area contributed by atoms with Crippen molar-refractivity contribution in [2.24, 2.45) is 17.3 Å². The summed E-state index contributed by atoms with van der Waals surface area (Å²) in [7, 11) is 0. The van der Waals surface area contributed by atoms with E-state index >= 15 is 0 Å². The summed E-state index contributed by atoms with van der Waals surface area (Å²) in [5.74, 6) is 2.64. The molecule has 1 saturated carbocycles. The van der Waals surface area contributed by atoms with Gasteiger partial charge in [0.05, 0.1) is 5.69 Å². The van der Waals surface area contributed by atoms with Gasteiger partial charge in [0.15, 0.2) is 0 Å². The molecule has 0 bridgehead atoms. The van der Waals surface area contributed by atoms with Crippen LogP contribution in [0.5, 0.6) is 0 Å². The zero-order valence-corrected chi connectivity index (χ0v) is 18.0. The Morgan fingerprint density at radius 3 is 2.38 bits per heavy atom. The van der Waals surface area contributed by atoms with E-state index in [0.717, 1.165) is 30.7 Å². The Morgan fingerprint density at radius 1 is 1.12 bits per heavy atom. The average molecular weight is 376 g/mol. The molecule has 1 aromatic rings. The Labute approximate surface area is 164 Å². The molecule has 1 aliphatic carbocycles. The minimum atomic E-state index is -0.162. The van der Waals surface area contributed by atoms with E-state index in [4.69, 9.17) is 0 Å². The molecule has 0 radical (unpaired) electrons. The van der Waals surface area contributed by atoms with Crippen LogP contribution in [0.1, 0.15) is 79.1 Å². The highest BCUT2D eigenvalue weighted by molar-refractivity contribution is 7.99. The highest BCUT2D eigenvalue weighted by Gasteiger charge is 2.40. The zero-order valence-electron chi connectivity index (χ0n) is 17.1. The van der Waals surface area contributed by atoms with Gasteiger partial charge in [0.2, 0.25) is 5.91 Å². The molecule has 1 N–H and O–H groups in total. The maximum Gasteiger partial charge on any atom is 0.230 e. The predicted molar refractivity (Wildman–Crippen MR) is 115 cm³/mol. The third-order valence-corrected chi connectivity index (χ3v) is 7.33. The summed E-state index contributed by atoms with van der Waals surface area (Å²) >= 11 is 1.85. The highest BCUT2D eigenvalue weighted by Crippen LogP contribution is 2.44. The molecule has 1 aromatic carbocycles. The Balaban J connectivity index is 2.16. The molecule has 1 aliphatic rings. The predicted octanol–water partition coefficient (Wildman–Crippen LogP) is 7.15. The first kappa shape index (κ1) is 21.3. The number of thioether (sulfide) groups is 1. The fourth-order valence-electron chi connectivity index (χ4n) is 4.09. The van der Waals surface area contributed by atoms with E-state index < -0.39 is 0 Å². The van der Waals surface area contributed by atoms with Crippen LogP contribution in [0.2, 0.25) is 0 Å². The van der Waals surface area contributed by atoms with Gasteiger partial charge in [-0.3, -0.25) is 4.79 Å². The van der Waals surface area contributed by atoms with Crippen molar-refractivity contribution in [3.05, 3.63) is 24.3 Å². The molecule has 2 rings (SSSR count). The first-order valence-corrected chi connectivity index (χ1v) is 11.5. The van der Waals surface area contributed by atoms with Crippen LogP contribution in [0.15, 0.2) is 29.2 Å². The van der Waals surface area contributed by atoms with E-state index in [1.165, 1.54) is 37.0 Å². The van der Waals surface area contributed by atoms with Crippen molar-refractivity contribution in [2.45, 2.75) is 84.0 Å². The normalized spacial score (nSPS) is 16.8. The minimum Gasteiger partial charge on any atom is -0.325 e. The van der Waals surface area contributed by atoms with Crippen LogP contribution in [-0.4, -0.2) is 11.7 Å². The van der Waals surface area contributed by atoms with Gasteiger partial charge in [-0.2, -0.15) is 0 Å². The lowest BCUT2D eigenvalue weighted by Crippen LogP contribution is -2.39. The van der Waals surface area contributed by atoms with Gasteiger partial charge in [-0.25, -0.2) is 0 Å². The molecule has 1 amide bonds. The van der Waals surface area contributed by atoms with E-state index in [1.54, 1.807) is 0 Å². The average Bonchev–Trinajstić information content (AvgIpc) is 2.66. The van der Waals surface area contributed by atoms with Crippen LogP contribution in [0.4, 0.5) is 5.69 Å². The Bertz CT molecular complexity index is 559. The van der Waals surface area contributed by atoms with Crippen LogP contribution in [0, 0.1) is 17.3 Å². The van der Waals surface area contributed by atoms with E-state index in [-0.39, 0.29) is 11.3 Å². The number of anilines is 1. The van der Waals surface area contributed by atoms with Crippen LogP contribution >= 0.6 is 11.8 Å². The number of rotatable bonds is 9. The number of amides is 1. The molecule has 1 fully saturated rings. The summed E-state index contributed by atoms with van der Waals surface area (Å²) in [6.45, 7) is 9.00. The number of nitrogens with one attached hydrogen (secondary N) is 1. The maximum atomic E-state index is 13.4. The lowest BCUT2D eigenvalue weighted by atomic mass is 9.67. The van der Waals surface area contributed by atoms with Gasteiger partial charge in [-0.1, -0.05) is 71.9 Å². The summed E-state index contributed by atoms with van der Waals surface area (Å²) in [5.41, 5.74) is 0.836. The largest absolute Gasteiger partial charge is 0.325 e. The second-order valence-electron chi connectivity index (χ2n) is 8.38. The van der Waals surface area contributed by atoms with Gasteiger partial charge in [-0.15, -0.1) is 11.8 Å². The quantitative estimate of drug-likeness (QED) is 0.464. The lowest BCUT2D eigenvalue weighted by Gasteiger charge is -2.38. The fourth-order valence-corrected chi connectivity index (χ4v) is 5.05. The fraction of sp³-hybridized carbons (Fsp3) is 0.696. The molecule has 26 heavy (non-hydrogen) atoms. The minimum absolute atomic E-state index is 0.162. The van der Waals surface area contributed by atoms with Crippen LogP contribution in [-0.2, 0) is 4.79 Å². The van der Waals surface area contributed by atoms with Crippen molar-refractivity contribution in [1.82, 2.24) is 0 Å². The second kappa shape index (κ2) is 10.4. The molecule has 146 valence electrons. The van der Waals surface area contributed by atoms with Crippen molar-refractivity contribution >= 4 is 23.4 Å². The smallest absolute Gasteiger partial charge is 0.230 e. The van der Waals surface area contributed by atoms with Crippen molar-refractivity contribution in [1.29, 1.82) is 0 Å². The molecular weight excluding hydrogens is 338 g/mol. The molecule has 0 unspecified atom stereocenters. The number of benzene rings is 1. The summed E-state index contributed by atoms with van der Waals surface area (Å²) in [5, 5.41) is 3.34. The first-order valence-electron chi connectivity index (χ1n) is 10.5. The van der Waals surface area contributed by atoms with Gasteiger partial charge < -0.3 is 5.32 Å². The zero-order chi connectivity index (χ0) is 19.0. The molecule has 0 atom stereocenters. The van der Waals surface area contributed by atoms with Gasteiger partial charge in [0.25, 0.3) is 0 Å². The van der Waals surface area contributed by atoms with Crippen molar-refractivity contribution in [2.75, 3.05) is 11.1 Å². The van der Waals surface area contributed by atoms with Crippen molar-refractivity contribution in [3.63, 3.8) is 0 Å². The first-order chi connectivity index (χ1) is 12.5. The second-order valence-corrected chi connectivity index (χ2v) is 9.44. The molecular formula is C23H37NOS. The summed E-state index contributed by atoms with van der Waals surface area (Å²) in [4.78, 5) is 14.6. The summed E-state index contributed by atoms with van der Waals surface area (Å²) in [6, 6.07) is 8.30. The van der Waals surface area contributed by atoms with Crippen LogP contribution in [0.3, 0.4) is 0 Å². The van der Waals surface area contributed by atoms with Crippen LogP contribution < -0.4 is 5.32 Å². The third kappa shape index (κ3) is 5.77. The third-order valence-electron chi connectivity index (χ3n) is 5.83. The number of para-hydroxylation sites is 1. The Kier molecular flexibility index (Phi) is 8.53. The SMILES string of the molecule is CCC(CC)CC1(C(=O)Nc2ccccc2SCC(C)C)CCCCC1. The topological polar surface area (TPSA) is 29.1 Å². The monoisotopic (exact) mass is 375 g/mol. The standard InChI is InChI=1S/C23H37NOS/c1-5-19(6-2)16-23(14-10-7-11-15-23)22(25)24-20-12-8-9-13-21(20)26-17-18(3)4/h8-9,12-13,18-19H,5-7,10-11,14-17H2,1-4H3,(H,24,25). The Morgan fingerprint density at radius 2 is 1.77 bits per heavy atom.